The molecule has 1 aromatic carbocycles. The van der Waals surface area contributed by atoms with E-state index in [4.69, 9.17) is 4.74 Å². The number of halogens is 1. The molecule has 2 aromatic rings. The van der Waals surface area contributed by atoms with Crippen LogP contribution in [0.3, 0.4) is 0 Å². The molecule has 0 aliphatic carbocycles. The Morgan fingerprint density at radius 3 is 3.06 bits per heavy atom. The zero-order valence-corrected chi connectivity index (χ0v) is 10.9. The van der Waals surface area contributed by atoms with Gasteiger partial charge in [0, 0.05) is 25.1 Å². The van der Waals surface area contributed by atoms with Crippen LogP contribution in [-0.2, 0) is 11.3 Å². The Hall–Kier alpha value is -1.10. The predicted molar refractivity (Wildman–Crippen MR) is 71.5 cm³/mol. The second-order valence-corrected chi connectivity index (χ2v) is 4.03. The largest absolute Gasteiger partial charge is 0.383 e. The van der Waals surface area contributed by atoms with Gasteiger partial charge in [0.15, 0.2) is 0 Å². The number of nitrogens with zero attached hydrogens (tertiary/aromatic N) is 1. The normalized spacial score (nSPS) is 12.4. The molecule has 0 spiro atoms. The van der Waals surface area contributed by atoms with Crippen molar-refractivity contribution >= 4 is 23.3 Å². The highest BCUT2D eigenvalue weighted by atomic mass is 35.5. The van der Waals surface area contributed by atoms with Crippen molar-refractivity contribution in [2.24, 2.45) is 0 Å². The van der Waals surface area contributed by atoms with E-state index in [0.717, 1.165) is 24.1 Å². The van der Waals surface area contributed by atoms with Crippen LogP contribution in [0.4, 0.5) is 0 Å². The van der Waals surface area contributed by atoms with Gasteiger partial charge in [-0.3, -0.25) is 5.10 Å². The molecule has 2 N–H and O–H groups in total. The zero-order valence-electron chi connectivity index (χ0n) is 10.1. The van der Waals surface area contributed by atoms with Crippen LogP contribution in [0.1, 0.15) is 12.5 Å². The third kappa shape index (κ3) is 3.70. The van der Waals surface area contributed by atoms with E-state index in [1.54, 1.807) is 7.11 Å². The molecule has 1 unspecified atom stereocenters. The van der Waals surface area contributed by atoms with Crippen LogP contribution in [0.25, 0.3) is 10.9 Å². The minimum atomic E-state index is 0. The summed E-state index contributed by atoms with van der Waals surface area (Å²) in [5.74, 6) is 0. The molecule has 4 nitrogen and oxygen atoms in total. The number of methoxy groups -OCH3 is 1. The first kappa shape index (κ1) is 14.0. The Morgan fingerprint density at radius 1 is 1.47 bits per heavy atom. The fourth-order valence-corrected chi connectivity index (χ4v) is 1.70. The van der Waals surface area contributed by atoms with Crippen LogP contribution in [0.15, 0.2) is 24.4 Å². The molecule has 94 valence electrons. The van der Waals surface area contributed by atoms with E-state index in [0.29, 0.717) is 6.04 Å². The monoisotopic (exact) mass is 255 g/mol. The number of rotatable bonds is 5. The Kier molecular flexibility index (Phi) is 5.41. The first-order valence-electron chi connectivity index (χ1n) is 5.44. The van der Waals surface area contributed by atoms with Gasteiger partial charge in [0.25, 0.3) is 0 Å². The van der Waals surface area contributed by atoms with Crippen LogP contribution in [-0.4, -0.2) is 30.0 Å². The van der Waals surface area contributed by atoms with E-state index < -0.39 is 0 Å². The molecule has 0 saturated heterocycles. The minimum Gasteiger partial charge on any atom is -0.383 e. The molecule has 5 heteroatoms. The van der Waals surface area contributed by atoms with Crippen molar-refractivity contribution in [2.75, 3.05) is 13.7 Å². The summed E-state index contributed by atoms with van der Waals surface area (Å²) in [4.78, 5) is 0. The third-order valence-corrected chi connectivity index (χ3v) is 2.58. The number of aromatic nitrogens is 2. The molecule has 0 radical (unpaired) electrons. The summed E-state index contributed by atoms with van der Waals surface area (Å²) in [7, 11) is 1.72. The average molecular weight is 256 g/mol. The van der Waals surface area contributed by atoms with Crippen LogP contribution in [0.2, 0.25) is 0 Å². The van der Waals surface area contributed by atoms with Crippen LogP contribution >= 0.6 is 12.4 Å². The summed E-state index contributed by atoms with van der Waals surface area (Å²) < 4.78 is 5.07. The van der Waals surface area contributed by atoms with Gasteiger partial charge < -0.3 is 10.1 Å². The van der Waals surface area contributed by atoms with E-state index in [1.807, 2.05) is 6.20 Å². The second-order valence-electron chi connectivity index (χ2n) is 4.03. The van der Waals surface area contributed by atoms with E-state index in [-0.39, 0.29) is 12.4 Å². The fourth-order valence-electron chi connectivity index (χ4n) is 1.70. The maximum atomic E-state index is 5.07. The van der Waals surface area contributed by atoms with Crippen molar-refractivity contribution < 1.29 is 4.74 Å². The Balaban J connectivity index is 0.00000144. The highest BCUT2D eigenvalue weighted by Gasteiger charge is 2.01. The summed E-state index contributed by atoms with van der Waals surface area (Å²) in [6.07, 6.45) is 1.83. The molecular weight excluding hydrogens is 238 g/mol. The number of benzene rings is 1. The topological polar surface area (TPSA) is 49.9 Å². The molecular formula is C12H18ClN3O. The van der Waals surface area contributed by atoms with Gasteiger partial charge >= 0.3 is 0 Å². The van der Waals surface area contributed by atoms with E-state index >= 15 is 0 Å². The smallest absolute Gasteiger partial charge is 0.0653 e. The zero-order chi connectivity index (χ0) is 11.4. The summed E-state index contributed by atoms with van der Waals surface area (Å²) in [6.45, 7) is 3.68. The molecule has 0 amide bonds. The summed E-state index contributed by atoms with van der Waals surface area (Å²) >= 11 is 0. The molecule has 0 aliphatic heterocycles. The molecule has 0 fully saturated rings. The number of hydrogen-bond acceptors (Lipinski definition) is 3. The molecule has 2 rings (SSSR count). The number of nitrogens with one attached hydrogen (secondary N) is 2. The van der Waals surface area contributed by atoms with Gasteiger partial charge in [-0.1, -0.05) is 12.1 Å². The van der Waals surface area contributed by atoms with E-state index in [2.05, 4.69) is 40.6 Å². The molecule has 0 bridgehead atoms. The quantitative estimate of drug-likeness (QED) is 0.860. The SMILES string of the molecule is COCC(C)NCc1ccc2cn[nH]c2c1.Cl. The van der Waals surface area contributed by atoms with Gasteiger partial charge in [-0.2, -0.15) is 5.10 Å². The number of ether oxygens (including phenoxy) is 1. The first-order valence-corrected chi connectivity index (χ1v) is 5.44. The molecule has 1 heterocycles. The summed E-state index contributed by atoms with van der Waals surface area (Å²) in [5, 5.41) is 11.5. The maximum absolute atomic E-state index is 5.07. The van der Waals surface area contributed by atoms with Crippen molar-refractivity contribution in [1.29, 1.82) is 0 Å². The van der Waals surface area contributed by atoms with Crippen molar-refractivity contribution in [3.05, 3.63) is 30.0 Å². The molecule has 0 aliphatic rings. The lowest BCUT2D eigenvalue weighted by Gasteiger charge is -2.12. The van der Waals surface area contributed by atoms with Crippen molar-refractivity contribution in [1.82, 2.24) is 15.5 Å². The molecule has 17 heavy (non-hydrogen) atoms. The van der Waals surface area contributed by atoms with E-state index in [9.17, 15) is 0 Å². The summed E-state index contributed by atoms with van der Waals surface area (Å²) in [5.41, 5.74) is 2.33. The Bertz CT molecular complexity index is 458. The van der Waals surface area contributed by atoms with Crippen molar-refractivity contribution in [2.45, 2.75) is 19.5 Å². The van der Waals surface area contributed by atoms with Crippen molar-refractivity contribution in [3.8, 4) is 0 Å². The third-order valence-electron chi connectivity index (χ3n) is 2.58. The summed E-state index contributed by atoms with van der Waals surface area (Å²) in [6, 6.07) is 6.68. The molecule has 1 atom stereocenters. The van der Waals surface area contributed by atoms with Gasteiger partial charge in [0.1, 0.15) is 0 Å². The minimum absolute atomic E-state index is 0. The number of aromatic amines is 1. The Morgan fingerprint density at radius 2 is 2.29 bits per heavy atom. The van der Waals surface area contributed by atoms with Crippen LogP contribution < -0.4 is 5.32 Å². The molecule has 1 aromatic heterocycles. The highest BCUT2D eigenvalue weighted by molar-refractivity contribution is 5.85. The first-order chi connectivity index (χ1) is 7.79. The maximum Gasteiger partial charge on any atom is 0.0653 e. The second kappa shape index (κ2) is 6.59. The van der Waals surface area contributed by atoms with Crippen LogP contribution in [0.5, 0.6) is 0 Å². The van der Waals surface area contributed by atoms with Gasteiger partial charge in [-0.25, -0.2) is 0 Å². The highest BCUT2D eigenvalue weighted by Crippen LogP contribution is 2.12. The standard InChI is InChI=1S/C12H17N3O.ClH/c1-9(8-16-2)13-6-10-3-4-11-7-14-15-12(11)5-10;/h3-5,7,9,13H,6,8H2,1-2H3,(H,14,15);1H. The predicted octanol–water partition coefficient (Wildman–Crippen LogP) is 2.11. The average Bonchev–Trinajstić information content (AvgIpc) is 2.74. The van der Waals surface area contributed by atoms with Gasteiger partial charge in [-0.15, -0.1) is 12.4 Å². The molecule has 0 saturated carbocycles. The van der Waals surface area contributed by atoms with Gasteiger partial charge in [0.2, 0.25) is 0 Å². The number of fused-ring (bicyclic) bond motifs is 1. The van der Waals surface area contributed by atoms with E-state index in [1.165, 1.54) is 5.56 Å². The van der Waals surface area contributed by atoms with Crippen LogP contribution in [0, 0.1) is 0 Å². The Labute approximate surface area is 107 Å². The lowest BCUT2D eigenvalue weighted by Crippen LogP contribution is -2.29. The van der Waals surface area contributed by atoms with Crippen molar-refractivity contribution in [3.63, 3.8) is 0 Å². The van der Waals surface area contributed by atoms with Gasteiger partial charge in [-0.05, 0) is 18.6 Å². The number of H-pyrrole nitrogens is 1. The number of hydrogen-bond donors (Lipinski definition) is 2. The lowest BCUT2D eigenvalue weighted by atomic mass is 10.1. The lowest BCUT2D eigenvalue weighted by molar-refractivity contribution is 0.171. The fraction of sp³-hybridized carbons (Fsp3) is 0.417. The van der Waals surface area contributed by atoms with Gasteiger partial charge in [0.05, 0.1) is 18.3 Å².